The molecule has 178 valence electrons. The lowest BCUT2D eigenvalue weighted by atomic mass is 10.0. The molecule has 34 heavy (non-hydrogen) atoms. The number of aromatic nitrogens is 3. The third kappa shape index (κ3) is 6.68. The molecular weight excluding hydrogens is 448 g/mol. The summed E-state index contributed by atoms with van der Waals surface area (Å²) in [5.74, 6) is -0.0823. The Bertz CT molecular complexity index is 1100. The monoisotopic (exact) mass is 478 g/mol. The molecule has 1 unspecified atom stereocenters. The fourth-order valence-electron chi connectivity index (χ4n) is 4.10. The number of hydrogen-bond acceptors (Lipinski definition) is 6. The van der Waals surface area contributed by atoms with Crippen LogP contribution >= 0.6 is 11.8 Å². The lowest BCUT2D eigenvalue weighted by Gasteiger charge is -2.36. The van der Waals surface area contributed by atoms with Gasteiger partial charge in [-0.2, -0.15) is 0 Å². The van der Waals surface area contributed by atoms with E-state index in [4.69, 9.17) is 0 Å². The van der Waals surface area contributed by atoms with Crippen LogP contribution in [0.5, 0.6) is 0 Å². The van der Waals surface area contributed by atoms with Gasteiger partial charge in [-0.05, 0) is 43.1 Å². The zero-order valence-electron chi connectivity index (χ0n) is 19.3. The van der Waals surface area contributed by atoms with Crippen LogP contribution in [0.4, 0.5) is 5.69 Å². The average molecular weight is 479 g/mol. The lowest BCUT2D eigenvalue weighted by molar-refractivity contribution is -0.113. The smallest absolute Gasteiger partial charge is 0.251 e. The third-order valence-electron chi connectivity index (χ3n) is 5.89. The summed E-state index contributed by atoms with van der Waals surface area (Å²) in [5, 5.41) is 14.4. The van der Waals surface area contributed by atoms with Gasteiger partial charge in [-0.25, -0.2) is 0 Å². The number of hydrogen-bond donors (Lipinski definition) is 2. The standard InChI is InChI=1S/C25H30N6O2S/c1-30-18-27-29-25(30)34-17-23(32)28-21-11-7-10-20(14-21)24(33)26-15-22-12-5-6-13-31(22)16-19-8-3-2-4-9-19/h2-4,7-11,14,18,22H,5-6,12-13,15-17H2,1H3,(H,26,33)(H,28,32). The zero-order valence-corrected chi connectivity index (χ0v) is 20.1. The second-order valence-electron chi connectivity index (χ2n) is 8.46. The van der Waals surface area contributed by atoms with Gasteiger partial charge in [-0.1, -0.05) is 54.6 Å². The summed E-state index contributed by atoms with van der Waals surface area (Å²) in [6, 6.07) is 17.8. The minimum absolute atomic E-state index is 0.130. The summed E-state index contributed by atoms with van der Waals surface area (Å²) in [5.41, 5.74) is 2.42. The first-order valence-electron chi connectivity index (χ1n) is 11.5. The molecule has 4 rings (SSSR count). The Balaban J connectivity index is 1.29. The number of aryl methyl sites for hydroxylation is 1. The van der Waals surface area contributed by atoms with Crippen LogP contribution in [-0.4, -0.2) is 56.4 Å². The molecule has 2 N–H and O–H groups in total. The Morgan fingerprint density at radius 1 is 1.12 bits per heavy atom. The van der Waals surface area contributed by atoms with Gasteiger partial charge < -0.3 is 15.2 Å². The minimum Gasteiger partial charge on any atom is -0.350 e. The Morgan fingerprint density at radius 2 is 1.97 bits per heavy atom. The largest absolute Gasteiger partial charge is 0.350 e. The summed E-state index contributed by atoms with van der Waals surface area (Å²) in [6.45, 7) is 2.55. The Hall–Kier alpha value is -3.17. The van der Waals surface area contributed by atoms with Crippen LogP contribution in [-0.2, 0) is 18.4 Å². The van der Waals surface area contributed by atoms with Crippen molar-refractivity contribution in [3.63, 3.8) is 0 Å². The van der Waals surface area contributed by atoms with Crippen LogP contribution < -0.4 is 10.6 Å². The van der Waals surface area contributed by atoms with Gasteiger partial charge in [-0.15, -0.1) is 10.2 Å². The van der Waals surface area contributed by atoms with E-state index >= 15 is 0 Å². The average Bonchev–Trinajstić information content (AvgIpc) is 3.27. The molecule has 9 heteroatoms. The molecule has 0 bridgehead atoms. The van der Waals surface area contributed by atoms with Gasteiger partial charge in [0.15, 0.2) is 5.16 Å². The predicted octanol–water partition coefficient (Wildman–Crippen LogP) is 3.33. The highest BCUT2D eigenvalue weighted by Gasteiger charge is 2.23. The number of benzene rings is 2. The number of likely N-dealkylation sites (tertiary alicyclic amines) is 1. The van der Waals surface area contributed by atoms with Gasteiger partial charge in [0.05, 0.1) is 5.75 Å². The van der Waals surface area contributed by atoms with E-state index in [1.54, 1.807) is 35.2 Å². The fraction of sp³-hybridized carbons (Fsp3) is 0.360. The highest BCUT2D eigenvalue weighted by Crippen LogP contribution is 2.20. The lowest BCUT2D eigenvalue weighted by Crippen LogP contribution is -2.46. The van der Waals surface area contributed by atoms with Crippen LogP contribution in [0.3, 0.4) is 0 Å². The van der Waals surface area contributed by atoms with Crippen molar-refractivity contribution < 1.29 is 9.59 Å². The van der Waals surface area contributed by atoms with Crippen LogP contribution in [0.2, 0.25) is 0 Å². The highest BCUT2D eigenvalue weighted by molar-refractivity contribution is 7.99. The van der Waals surface area contributed by atoms with Crippen molar-refractivity contribution in [3.8, 4) is 0 Å². The van der Waals surface area contributed by atoms with Crippen molar-refractivity contribution in [1.29, 1.82) is 0 Å². The molecule has 2 heterocycles. The van der Waals surface area contributed by atoms with E-state index in [0.29, 0.717) is 29.0 Å². The van der Waals surface area contributed by atoms with Crippen molar-refractivity contribution >= 4 is 29.3 Å². The number of carbonyl (C=O) groups is 2. The molecule has 1 atom stereocenters. The number of thioether (sulfide) groups is 1. The molecule has 1 aliphatic rings. The number of carbonyl (C=O) groups excluding carboxylic acids is 2. The normalized spacial score (nSPS) is 16.2. The van der Waals surface area contributed by atoms with Crippen LogP contribution in [0.15, 0.2) is 66.1 Å². The van der Waals surface area contributed by atoms with Gasteiger partial charge in [0, 0.05) is 37.4 Å². The van der Waals surface area contributed by atoms with Gasteiger partial charge in [-0.3, -0.25) is 14.5 Å². The molecule has 0 aliphatic carbocycles. The SMILES string of the molecule is Cn1cnnc1SCC(=O)Nc1cccc(C(=O)NCC2CCCCN2Cc2ccccc2)c1. The van der Waals surface area contributed by atoms with E-state index in [-0.39, 0.29) is 17.6 Å². The minimum atomic E-state index is -0.163. The zero-order chi connectivity index (χ0) is 23.8. The molecule has 0 spiro atoms. The molecule has 8 nitrogen and oxygen atoms in total. The number of nitrogens with one attached hydrogen (secondary N) is 2. The number of piperidine rings is 1. The Kier molecular flexibility index (Phi) is 8.32. The van der Waals surface area contributed by atoms with E-state index in [1.165, 1.54) is 30.2 Å². The summed E-state index contributed by atoms with van der Waals surface area (Å²) >= 11 is 1.31. The molecular formula is C25H30N6O2S. The van der Waals surface area contributed by atoms with E-state index in [0.717, 1.165) is 19.5 Å². The molecule has 1 aromatic heterocycles. The maximum atomic E-state index is 12.8. The number of nitrogens with zero attached hydrogens (tertiary/aromatic N) is 4. The first kappa shape index (κ1) is 24.0. The van der Waals surface area contributed by atoms with Crippen molar-refractivity contribution in [1.82, 2.24) is 25.0 Å². The van der Waals surface area contributed by atoms with Crippen molar-refractivity contribution in [2.24, 2.45) is 7.05 Å². The molecule has 1 aliphatic heterocycles. The van der Waals surface area contributed by atoms with Crippen LogP contribution in [0, 0.1) is 0 Å². The van der Waals surface area contributed by atoms with Crippen molar-refractivity contribution in [3.05, 3.63) is 72.1 Å². The Labute approximate surface area is 204 Å². The molecule has 2 aromatic carbocycles. The van der Waals surface area contributed by atoms with Gasteiger partial charge in [0.25, 0.3) is 5.91 Å². The maximum Gasteiger partial charge on any atom is 0.251 e. The molecule has 3 aromatic rings. The molecule has 0 saturated carbocycles. The second-order valence-corrected chi connectivity index (χ2v) is 9.40. The highest BCUT2D eigenvalue weighted by atomic mass is 32.2. The van der Waals surface area contributed by atoms with E-state index in [2.05, 4.69) is 50.0 Å². The summed E-state index contributed by atoms with van der Waals surface area (Å²) in [7, 11) is 1.83. The quantitative estimate of drug-likeness (QED) is 0.459. The molecule has 0 radical (unpaired) electrons. The first-order valence-corrected chi connectivity index (χ1v) is 12.5. The topological polar surface area (TPSA) is 92.1 Å². The van der Waals surface area contributed by atoms with Crippen LogP contribution in [0.25, 0.3) is 0 Å². The molecule has 1 fully saturated rings. The van der Waals surface area contributed by atoms with Gasteiger partial charge >= 0.3 is 0 Å². The third-order valence-corrected chi connectivity index (χ3v) is 6.92. The van der Waals surface area contributed by atoms with E-state index in [9.17, 15) is 9.59 Å². The second kappa shape index (κ2) is 11.8. The van der Waals surface area contributed by atoms with Gasteiger partial charge in [0.1, 0.15) is 6.33 Å². The summed E-state index contributed by atoms with van der Waals surface area (Å²) in [4.78, 5) is 27.6. The first-order chi connectivity index (χ1) is 16.6. The molecule has 1 saturated heterocycles. The van der Waals surface area contributed by atoms with Gasteiger partial charge in [0.2, 0.25) is 5.91 Å². The maximum absolute atomic E-state index is 12.8. The summed E-state index contributed by atoms with van der Waals surface area (Å²) in [6.07, 6.45) is 5.04. The molecule has 2 amide bonds. The van der Waals surface area contributed by atoms with E-state index < -0.39 is 0 Å². The summed E-state index contributed by atoms with van der Waals surface area (Å²) < 4.78 is 1.76. The fourth-order valence-corrected chi connectivity index (χ4v) is 4.79. The Morgan fingerprint density at radius 3 is 2.76 bits per heavy atom. The van der Waals surface area contributed by atoms with Crippen LogP contribution in [0.1, 0.15) is 35.2 Å². The number of anilines is 1. The predicted molar refractivity (Wildman–Crippen MR) is 134 cm³/mol. The van der Waals surface area contributed by atoms with Crippen molar-refractivity contribution in [2.45, 2.75) is 37.0 Å². The van der Waals surface area contributed by atoms with Crippen molar-refractivity contribution in [2.75, 3.05) is 24.2 Å². The number of rotatable bonds is 9. The number of amides is 2. The van der Waals surface area contributed by atoms with E-state index in [1.807, 2.05) is 13.1 Å².